The van der Waals surface area contributed by atoms with E-state index in [0.717, 1.165) is 5.56 Å². The fourth-order valence-corrected chi connectivity index (χ4v) is 1.42. The maximum Gasteiger partial charge on any atom is 0.142 e. The summed E-state index contributed by atoms with van der Waals surface area (Å²) < 4.78 is 13.2. The van der Waals surface area contributed by atoms with E-state index in [9.17, 15) is 4.39 Å². The highest BCUT2D eigenvalue weighted by Crippen LogP contribution is 2.20. The lowest BCUT2D eigenvalue weighted by Crippen LogP contribution is -2.23. The number of nitrogens with zero attached hydrogens (tertiary/aromatic N) is 1. The maximum absolute atomic E-state index is 13.2. The Bertz CT molecular complexity index is 400. The minimum absolute atomic E-state index is 0.00238. The van der Waals surface area contributed by atoms with Crippen LogP contribution in [-0.2, 0) is 0 Å². The van der Waals surface area contributed by atoms with Crippen LogP contribution in [-0.4, -0.2) is 6.54 Å². The standard InChI is InChI=1S/C12H14ClFN2/c1-8(6-15)7-16-9(2)10-3-4-11(13)12(14)5-10/h3-5,8-9,16H,7H2,1-2H3. The van der Waals surface area contributed by atoms with Crippen molar-refractivity contribution in [3.8, 4) is 6.07 Å². The summed E-state index contributed by atoms with van der Waals surface area (Å²) in [5.74, 6) is -0.472. The largest absolute Gasteiger partial charge is 0.309 e. The lowest BCUT2D eigenvalue weighted by atomic mass is 10.1. The van der Waals surface area contributed by atoms with Crippen LogP contribution in [0.1, 0.15) is 25.5 Å². The molecule has 0 fully saturated rings. The average molecular weight is 241 g/mol. The number of rotatable bonds is 4. The molecule has 2 atom stereocenters. The van der Waals surface area contributed by atoms with Gasteiger partial charge in [0.05, 0.1) is 17.0 Å². The summed E-state index contributed by atoms with van der Waals surface area (Å²) >= 11 is 5.60. The summed E-state index contributed by atoms with van der Waals surface area (Å²) in [4.78, 5) is 0. The second-order valence-corrected chi connectivity index (χ2v) is 4.24. The quantitative estimate of drug-likeness (QED) is 0.877. The van der Waals surface area contributed by atoms with E-state index in [2.05, 4.69) is 11.4 Å². The van der Waals surface area contributed by atoms with Crippen molar-refractivity contribution in [1.29, 1.82) is 5.26 Å². The molecule has 1 aromatic rings. The van der Waals surface area contributed by atoms with Crippen LogP contribution in [0.2, 0.25) is 5.02 Å². The molecule has 0 bridgehead atoms. The molecule has 0 saturated heterocycles. The van der Waals surface area contributed by atoms with Crippen LogP contribution in [0.4, 0.5) is 4.39 Å². The van der Waals surface area contributed by atoms with Crippen LogP contribution in [0.25, 0.3) is 0 Å². The monoisotopic (exact) mass is 240 g/mol. The van der Waals surface area contributed by atoms with E-state index in [1.807, 2.05) is 13.8 Å². The molecule has 0 heterocycles. The number of halogens is 2. The van der Waals surface area contributed by atoms with Crippen LogP contribution in [0.5, 0.6) is 0 Å². The summed E-state index contributed by atoms with van der Waals surface area (Å²) in [7, 11) is 0. The van der Waals surface area contributed by atoms with Crippen molar-refractivity contribution < 1.29 is 4.39 Å². The Balaban J connectivity index is 2.63. The van der Waals surface area contributed by atoms with Gasteiger partial charge in [0, 0.05) is 12.6 Å². The van der Waals surface area contributed by atoms with Gasteiger partial charge >= 0.3 is 0 Å². The van der Waals surface area contributed by atoms with Crippen molar-refractivity contribution >= 4 is 11.6 Å². The Hall–Kier alpha value is -1.11. The highest BCUT2D eigenvalue weighted by Gasteiger charge is 2.09. The minimum Gasteiger partial charge on any atom is -0.309 e. The Morgan fingerprint density at radius 3 is 2.75 bits per heavy atom. The van der Waals surface area contributed by atoms with Gasteiger partial charge in [0.25, 0.3) is 0 Å². The van der Waals surface area contributed by atoms with Gasteiger partial charge in [0.15, 0.2) is 0 Å². The van der Waals surface area contributed by atoms with E-state index in [4.69, 9.17) is 16.9 Å². The van der Waals surface area contributed by atoms with Crippen LogP contribution in [0.3, 0.4) is 0 Å². The summed E-state index contributed by atoms with van der Waals surface area (Å²) in [6.45, 7) is 4.34. The van der Waals surface area contributed by atoms with E-state index in [1.54, 1.807) is 6.07 Å². The molecule has 1 N–H and O–H groups in total. The molecule has 0 aliphatic rings. The van der Waals surface area contributed by atoms with Gasteiger partial charge in [0.1, 0.15) is 5.82 Å². The number of nitriles is 1. The summed E-state index contributed by atoms with van der Waals surface area (Å²) in [6, 6.07) is 6.87. The number of hydrogen-bond acceptors (Lipinski definition) is 2. The Morgan fingerprint density at radius 1 is 1.50 bits per heavy atom. The molecule has 0 aliphatic carbocycles. The third-order valence-corrected chi connectivity index (χ3v) is 2.70. The molecule has 1 aromatic carbocycles. The normalized spacial score (nSPS) is 14.2. The number of hydrogen-bond donors (Lipinski definition) is 1. The molecular formula is C12H14ClFN2. The first-order chi connectivity index (χ1) is 7.54. The molecule has 1 rings (SSSR count). The smallest absolute Gasteiger partial charge is 0.142 e. The van der Waals surface area contributed by atoms with Gasteiger partial charge in [-0.3, -0.25) is 0 Å². The summed E-state index contributed by atoms with van der Waals surface area (Å²) in [5.41, 5.74) is 0.826. The predicted molar refractivity (Wildman–Crippen MR) is 62.6 cm³/mol. The van der Waals surface area contributed by atoms with E-state index in [0.29, 0.717) is 6.54 Å². The van der Waals surface area contributed by atoms with Crippen LogP contribution in [0, 0.1) is 23.1 Å². The van der Waals surface area contributed by atoms with Crippen molar-refractivity contribution in [3.63, 3.8) is 0 Å². The number of nitrogens with one attached hydrogen (secondary N) is 1. The minimum atomic E-state index is -0.416. The lowest BCUT2D eigenvalue weighted by Gasteiger charge is -2.15. The molecule has 4 heteroatoms. The highest BCUT2D eigenvalue weighted by atomic mass is 35.5. The van der Waals surface area contributed by atoms with Crippen molar-refractivity contribution in [1.82, 2.24) is 5.32 Å². The molecule has 2 nitrogen and oxygen atoms in total. The average Bonchev–Trinajstić information content (AvgIpc) is 2.29. The van der Waals surface area contributed by atoms with E-state index in [-0.39, 0.29) is 17.0 Å². The Labute approximate surface area is 100 Å². The van der Waals surface area contributed by atoms with E-state index >= 15 is 0 Å². The van der Waals surface area contributed by atoms with Crippen molar-refractivity contribution in [2.75, 3.05) is 6.54 Å². The van der Waals surface area contributed by atoms with Crippen molar-refractivity contribution in [3.05, 3.63) is 34.6 Å². The molecule has 0 aromatic heterocycles. The fraction of sp³-hybridized carbons (Fsp3) is 0.417. The first kappa shape index (κ1) is 13.0. The van der Waals surface area contributed by atoms with Gasteiger partial charge in [-0.2, -0.15) is 5.26 Å². The van der Waals surface area contributed by atoms with Crippen molar-refractivity contribution in [2.45, 2.75) is 19.9 Å². The third-order valence-electron chi connectivity index (χ3n) is 2.39. The van der Waals surface area contributed by atoms with Gasteiger partial charge in [-0.1, -0.05) is 17.7 Å². The summed E-state index contributed by atoms with van der Waals surface area (Å²) in [5, 5.41) is 11.9. The van der Waals surface area contributed by atoms with E-state index in [1.165, 1.54) is 12.1 Å². The molecule has 16 heavy (non-hydrogen) atoms. The zero-order chi connectivity index (χ0) is 12.1. The van der Waals surface area contributed by atoms with Crippen LogP contribution in [0.15, 0.2) is 18.2 Å². The SMILES string of the molecule is CC(C#N)CNC(C)c1ccc(Cl)c(F)c1. The molecule has 86 valence electrons. The molecular weight excluding hydrogens is 227 g/mol. The first-order valence-electron chi connectivity index (χ1n) is 5.12. The first-order valence-corrected chi connectivity index (χ1v) is 5.50. The predicted octanol–water partition coefficient (Wildman–Crippen LogP) is 3.29. The second kappa shape index (κ2) is 5.83. The van der Waals surface area contributed by atoms with Crippen LogP contribution < -0.4 is 5.32 Å². The fourth-order valence-electron chi connectivity index (χ4n) is 1.30. The van der Waals surface area contributed by atoms with Gasteiger partial charge in [0.2, 0.25) is 0 Å². The van der Waals surface area contributed by atoms with Gasteiger partial charge in [-0.25, -0.2) is 4.39 Å². The Kier molecular flexibility index (Phi) is 4.72. The van der Waals surface area contributed by atoms with Gasteiger partial charge in [-0.15, -0.1) is 0 Å². The topological polar surface area (TPSA) is 35.8 Å². The second-order valence-electron chi connectivity index (χ2n) is 3.83. The molecule has 0 aliphatic heterocycles. The molecule has 0 saturated carbocycles. The Morgan fingerprint density at radius 2 is 2.19 bits per heavy atom. The molecule has 0 radical (unpaired) electrons. The molecule has 0 amide bonds. The zero-order valence-corrected chi connectivity index (χ0v) is 10.1. The third kappa shape index (κ3) is 3.48. The van der Waals surface area contributed by atoms with Gasteiger partial charge < -0.3 is 5.32 Å². The lowest BCUT2D eigenvalue weighted by molar-refractivity contribution is 0.524. The zero-order valence-electron chi connectivity index (χ0n) is 9.30. The summed E-state index contributed by atoms with van der Waals surface area (Å²) in [6.07, 6.45) is 0. The number of benzene rings is 1. The highest BCUT2D eigenvalue weighted by molar-refractivity contribution is 6.30. The van der Waals surface area contributed by atoms with Crippen LogP contribution >= 0.6 is 11.6 Å². The van der Waals surface area contributed by atoms with Crippen molar-refractivity contribution in [2.24, 2.45) is 5.92 Å². The molecule has 0 spiro atoms. The van der Waals surface area contributed by atoms with Gasteiger partial charge in [-0.05, 0) is 31.5 Å². The maximum atomic E-state index is 13.2. The van der Waals surface area contributed by atoms with E-state index < -0.39 is 5.82 Å². The molecule has 2 unspecified atom stereocenters.